The third kappa shape index (κ3) is 4.03. The first kappa shape index (κ1) is 17.7. The molecule has 134 valence electrons. The van der Waals surface area contributed by atoms with Gasteiger partial charge in [-0.15, -0.1) is 0 Å². The van der Waals surface area contributed by atoms with E-state index in [1.54, 1.807) is 24.4 Å². The Hall–Kier alpha value is -2.67. The Balaban J connectivity index is 1.51. The number of thiazole rings is 1. The number of benzene rings is 2. The predicted octanol–water partition coefficient (Wildman–Crippen LogP) is 6.31. The fourth-order valence-corrected chi connectivity index (χ4v) is 3.69. The van der Waals surface area contributed by atoms with Gasteiger partial charge in [0.15, 0.2) is 0 Å². The van der Waals surface area contributed by atoms with Gasteiger partial charge in [0.1, 0.15) is 15.4 Å². The van der Waals surface area contributed by atoms with Gasteiger partial charge in [-0.3, -0.25) is 0 Å². The van der Waals surface area contributed by atoms with Gasteiger partial charge in [0.05, 0.1) is 10.0 Å². The number of pyridine rings is 1. The number of fused-ring (bicyclic) bond motifs is 1. The van der Waals surface area contributed by atoms with Gasteiger partial charge in [-0.05, 0) is 42.5 Å². The van der Waals surface area contributed by atoms with Crippen LogP contribution in [-0.4, -0.2) is 16.0 Å². The number of hydrogen-bond donors (Lipinski definition) is 2. The van der Waals surface area contributed by atoms with Crippen molar-refractivity contribution in [1.82, 2.24) is 9.97 Å². The normalized spacial score (nSPS) is 10.7. The average molecular weight is 415 g/mol. The molecule has 2 amide bonds. The van der Waals surface area contributed by atoms with Gasteiger partial charge in [0, 0.05) is 23.1 Å². The van der Waals surface area contributed by atoms with Crippen molar-refractivity contribution in [2.75, 3.05) is 10.6 Å². The summed E-state index contributed by atoms with van der Waals surface area (Å²) in [6.07, 6.45) is 1.75. The minimum Gasteiger partial charge on any atom is -0.308 e. The number of hydrogen-bond acceptors (Lipinski definition) is 4. The molecule has 2 aromatic heterocycles. The molecule has 0 bridgehead atoms. The number of nitrogens with one attached hydrogen (secondary N) is 2. The fourth-order valence-electron chi connectivity index (χ4n) is 2.49. The molecule has 4 rings (SSSR count). The Morgan fingerprint density at radius 2 is 1.74 bits per heavy atom. The Bertz CT molecular complexity index is 1110. The third-order valence-electron chi connectivity index (χ3n) is 3.71. The lowest BCUT2D eigenvalue weighted by Gasteiger charge is -2.09. The maximum atomic E-state index is 12.2. The Morgan fingerprint density at radius 1 is 0.926 bits per heavy atom. The minimum absolute atomic E-state index is 0.376. The Labute approximate surface area is 169 Å². The number of aromatic nitrogens is 2. The number of urea groups is 1. The van der Waals surface area contributed by atoms with Crippen molar-refractivity contribution < 1.29 is 4.79 Å². The molecule has 0 radical (unpaired) electrons. The van der Waals surface area contributed by atoms with Crippen molar-refractivity contribution in [3.63, 3.8) is 0 Å². The number of carbonyl (C=O) groups excluding carboxylic acids is 1. The van der Waals surface area contributed by atoms with Crippen LogP contribution in [0, 0.1) is 0 Å². The minimum atomic E-state index is -0.378. The third-order valence-corrected chi connectivity index (χ3v) is 5.48. The lowest BCUT2D eigenvalue weighted by molar-refractivity contribution is 0.262. The zero-order valence-electron chi connectivity index (χ0n) is 13.7. The van der Waals surface area contributed by atoms with Crippen LogP contribution >= 0.6 is 34.5 Å². The molecule has 0 aliphatic heterocycles. The zero-order chi connectivity index (χ0) is 18.8. The van der Waals surface area contributed by atoms with Gasteiger partial charge in [0.2, 0.25) is 0 Å². The topological polar surface area (TPSA) is 66.9 Å². The maximum absolute atomic E-state index is 12.2. The summed E-state index contributed by atoms with van der Waals surface area (Å²) >= 11 is 13.4. The van der Waals surface area contributed by atoms with Crippen LogP contribution in [0.2, 0.25) is 10.0 Å². The monoisotopic (exact) mass is 414 g/mol. The second-order valence-corrected chi connectivity index (χ2v) is 7.43. The van der Waals surface area contributed by atoms with E-state index in [0.717, 1.165) is 20.9 Å². The summed E-state index contributed by atoms with van der Waals surface area (Å²) in [5, 5.41) is 7.18. The van der Waals surface area contributed by atoms with Crippen LogP contribution in [0.25, 0.3) is 20.9 Å². The molecule has 0 aliphatic carbocycles. The van der Waals surface area contributed by atoms with Crippen LogP contribution in [-0.2, 0) is 0 Å². The number of anilines is 2. The quantitative estimate of drug-likeness (QED) is 0.412. The molecule has 0 saturated heterocycles. The summed E-state index contributed by atoms with van der Waals surface area (Å²) in [7, 11) is 0. The fraction of sp³-hybridized carbons (Fsp3) is 0. The van der Waals surface area contributed by atoms with Crippen LogP contribution in [0.4, 0.5) is 16.2 Å². The van der Waals surface area contributed by atoms with Crippen LogP contribution in [0.3, 0.4) is 0 Å². The standard InChI is InChI=1S/C19H12Cl2N4OS/c20-14-7-6-13(10-15(14)21)24-19(26)23-12-4-1-3-11(9-12)17-25-16-5-2-8-22-18(16)27-17/h1-10H,(H2,23,24,26). The molecule has 0 aliphatic rings. The van der Waals surface area contributed by atoms with Crippen LogP contribution in [0.5, 0.6) is 0 Å². The SMILES string of the molecule is O=C(Nc1cccc(-c2nc3cccnc3s2)c1)Nc1ccc(Cl)c(Cl)c1. The maximum Gasteiger partial charge on any atom is 0.323 e. The highest BCUT2D eigenvalue weighted by molar-refractivity contribution is 7.21. The second-order valence-electron chi connectivity index (χ2n) is 5.64. The van der Waals surface area contributed by atoms with E-state index in [0.29, 0.717) is 21.4 Å². The van der Waals surface area contributed by atoms with E-state index in [1.165, 1.54) is 11.3 Å². The first-order chi connectivity index (χ1) is 13.1. The van der Waals surface area contributed by atoms with Gasteiger partial charge < -0.3 is 10.6 Å². The zero-order valence-corrected chi connectivity index (χ0v) is 16.1. The molecule has 8 heteroatoms. The molecule has 0 saturated carbocycles. The van der Waals surface area contributed by atoms with E-state index in [4.69, 9.17) is 23.2 Å². The number of nitrogens with zero attached hydrogens (tertiary/aromatic N) is 2. The smallest absolute Gasteiger partial charge is 0.308 e. The van der Waals surface area contributed by atoms with Crippen LogP contribution in [0.1, 0.15) is 0 Å². The lowest BCUT2D eigenvalue weighted by Crippen LogP contribution is -2.19. The molecule has 5 nitrogen and oxygen atoms in total. The van der Waals surface area contributed by atoms with Crippen molar-refractivity contribution in [3.8, 4) is 10.6 Å². The van der Waals surface area contributed by atoms with Crippen molar-refractivity contribution >= 4 is 62.3 Å². The molecule has 0 fully saturated rings. The van der Waals surface area contributed by atoms with E-state index in [2.05, 4.69) is 20.6 Å². The van der Waals surface area contributed by atoms with Crippen molar-refractivity contribution in [2.45, 2.75) is 0 Å². The van der Waals surface area contributed by atoms with E-state index in [1.807, 2.05) is 36.4 Å². The molecule has 27 heavy (non-hydrogen) atoms. The summed E-state index contributed by atoms with van der Waals surface area (Å²) in [5.41, 5.74) is 2.96. The molecule has 0 spiro atoms. The van der Waals surface area contributed by atoms with E-state index < -0.39 is 0 Å². The first-order valence-electron chi connectivity index (χ1n) is 7.93. The van der Waals surface area contributed by atoms with Gasteiger partial charge in [-0.2, -0.15) is 0 Å². The molecular weight excluding hydrogens is 403 g/mol. The molecule has 2 heterocycles. The van der Waals surface area contributed by atoms with Crippen LogP contribution in [0.15, 0.2) is 60.8 Å². The summed E-state index contributed by atoms with van der Waals surface area (Å²) in [5.74, 6) is 0. The second kappa shape index (κ2) is 7.52. The van der Waals surface area contributed by atoms with Gasteiger partial charge in [-0.25, -0.2) is 14.8 Å². The molecule has 2 aromatic carbocycles. The number of amides is 2. The lowest BCUT2D eigenvalue weighted by atomic mass is 10.2. The average Bonchev–Trinajstić information content (AvgIpc) is 3.09. The van der Waals surface area contributed by atoms with E-state index >= 15 is 0 Å². The highest BCUT2D eigenvalue weighted by Gasteiger charge is 2.09. The van der Waals surface area contributed by atoms with Crippen molar-refractivity contribution in [3.05, 3.63) is 70.8 Å². The van der Waals surface area contributed by atoms with Crippen LogP contribution < -0.4 is 10.6 Å². The van der Waals surface area contributed by atoms with Crippen molar-refractivity contribution in [1.29, 1.82) is 0 Å². The van der Waals surface area contributed by atoms with Gasteiger partial charge in [0.25, 0.3) is 0 Å². The molecule has 4 aromatic rings. The predicted molar refractivity (Wildman–Crippen MR) is 112 cm³/mol. The largest absolute Gasteiger partial charge is 0.323 e. The number of carbonyl (C=O) groups is 1. The number of halogens is 2. The number of rotatable bonds is 3. The molecule has 2 N–H and O–H groups in total. The summed E-state index contributed by atoms with van der Waals surface area (Å²) < 4.78 is 0. The highest BCUT2D eigenvalue weighted by atomic mass is 35.5. The first-order valence-corrected chi connectivity index (χ1v) is 9.51. The van der Waals surface area contributed by atoms with E-state index in [9.17, 15) is 4.79 Å². The summed E-state index contributed by atoms with van der Waals surface area (Å²) in [6, 6.07) is 15.8. The molecule has 0 unspecified atom stereocenters. The summed E-state index contributed by atoms with van der Waals surface area (Å²) in [4.78, 5) is 22.0. The molecule has 0 atom stereocenters. The van der Waals surface area contributed by atoms with E-state index in [-0.39, 0.29) is 6.03 Å². The van der Waals surface area contributed by atoms with Crippen molar-refractivity contribution in [2.24, 2.45) is 0 Å². The highest BCUT2D eigenvalue weighted by Crippen LogP contribution is 2.30. The van der Waals surface area contributed by atoms with Gasteiger partial charge >= 0.3 is 6.03 Å². The molecular formula is C19H12Cl2N4OS. The Kier molecular flexibility index (Phi) is 4.94. The van der Waals surface area contributed by atoms with Gasteiger partial charge in [-0.1, -0.05) is 46.7 Å². The Morgan fingerprint density at radius 3 is 2.52 bits per heavy atom. The summed E-state index contributed by atoms with van der Waals surface area (Å²) in [6.45, 7) is 0.